The molecule has 28 heavy (non-hydrogen) atoms. The normalized spacial score (nSPS) is 10.2. The number of carbonyl (C=O) groups is 3. The van der Waals surface area contributed by atoms with E-state index in [1.807, 2.05) is 0 Å². The topological polar surface area (TPSA) is 160 Å². The Morgan fingerprint density at radius 2 is 1.96 bits per heavy atom. The number of nitrogens with one attached hydrogen (secondary N) is 2. The fraction of sp³-hybridized carbons (Fsp3) is 0.176. The lowest BCUT2D eigenvalue weighted by Crippen LogP contribution is -2.32. The van der Waals surface area contributed by atoms with Gasteiger partial charge in [-0.2, -0.15) is 0 Å². The summed E-state index contributed by atoms with van der Waals surface area (Å²) in [6.45, 7) is -0.253. The molecule has 2 rings (SSSR count). The minimum absolute atomic E-state index is 0.0430. The number of aliphatic imine (C=N–C) groups is 1. The van der Waals surface area contributed by atoms with E-state index in [2.05, 4.69) is 31.6 Å². The third kappa shape index (κ3) is 6.67. The maximum Gasteiger partial charge on any atom is 0.303 e. The molecule has 1 heterocycles. The molecule has 11 heteroatoms. The summed E-state index contributed by atoms with van der Waals surface area (Å²) in [5.41, 5.74) is 11.9. The summed E-state index contributed by atoms with van der Waals surface area (Å²) in [5.74, 6) is -1.94. The standard InChI is InChI=1S/C17H18BrN5O4S/c18-13-7-11(12(28-13)4-5-15(25)26)23-14(24)8-21-16(27)9-2-1-3-10(6-9)22-17(19)20/h1-3,6-7H,4-5,8H2,(H,21,27)(H,23,24)(H,25,26)(H4,19,20,22). The van der Waals surface area contributed by atoms with Crippen LogP contribution in [0.25, 0.3) is 0 Å². The minimum Gasteiger partial charge on any atom is -0.481 e. The Bertz CT molecular complexity index is 924. The predicted octanol–water partition coefficient (Wildman–Crippen LogP) is 1.80. The summed E-state index contributed by atoms with van der Waals surface area (Å²) in [5, 5.41) is 14.0. The first-order valence-corrected chi connectivity index (χ1v) is 9.63. The van der Waals surface area contributed by atoms with Crippen molar-refractivity contribution < 1.29 is 19.5 Å². The van der Waals surface area contributed by atoms with Gasteiger partial charge in [-0.05, 0) is 46.6 Å². The van der Waals surface area contributed by atoms with Gasteiger partial charge in [-0.15, -0.1) is 11.3 Å². The zero-order valence-electron chi connectivity index (χ0n) is 14.6. The van der Waals surface area contributed by atoms with Gasteiger partial charge in [0.25, 0.3) is 5.91 Å². The Morgan fingerprint density at radius 3 is 2.64 bits per heavy atom. The molecule has 0 fully saturated rings. The molecule has 1 aromatic carbocycles. The molecular formula is C17H18BrN5O4S. The van der Waals surface area contributed by atoms with E-state index in [9.17, 15) is 14.4 Å². The van der Waals surface area contributed by atoms with E-state index in [-0.39, 0.29) is 18.9 Å². The second-order valence-electron chi connectivity index (χ2n) is 5.60. The molecule has 0 aliphatic rings. The second kappa shape index (κ2) is 9.85. The van der Waals surface area contributed by atoms with E-state index in [1.165, 1.54) is 17.4 Å². The number of hydrogen-bond donors (Lipinski definition) is 5. The van der Waals surface area contributed by atoms with Crippen LogP contribution in [0.15, 0.2) is 39.1 Å². The number of nitrogens with zero attached hydrogens (tertiary/aromatic N) is 1. The average molecular weight is 468 g/mol. The van der Waals surface area contributed by atoms with Crippen LogP contribution in [0.4, 0.5) is 11.4 Å². The van der Waals surface area contributed by atoms with Gasteiger partial charge in [0.2, 0.25) is 5.91 Å². The van der Waals surface area contributed by atoms with Crippen molar-refractivity contribution in [2.75, 3.05) is 11.9 Å². The summed E-state index contributed by atoms with van der Waals surface area (Å²) >= 11 is 4.66. The van der Waals surface area contributed by atoms with E-state index >= 15 is 0 Å². The van der Waals surface area contributed by atoms with Crippen molar-refractivity contribution in [3.05, 3.63) is 44.6 Å². The van der Waals surface area contributed by atoms with Crippen LogP contribution in [0.3, 0.4) is 0 Å². The molecule has 0 atom stereocenters. The Labute approximate surface area is 173 Å². The number of amides is 2. The Balaban J connectivity index is 1.95. The molecule has 0 unspecified atom stereocenters. The van der Waals surface area contributed by atoms with Crippen molar-refractivity contribution in [2.45, 2.75) is 12.8 Å². The summed E-state index contributed by atoms with van der Waals surface area (Å²) in [6.07, 6.45) is 0.254. The molecule has 7 N–H and O–H groups in total. The molecule has 0 radical (unpaired) electrons. The number of aryl methyl sites for hydroxylation is 1. The SMILES string of the molecule is NC(N)=Nc1cccc(C(=O)NCC(=O)Nc2cc(Br)sc2CCC(=O)O)c1. The molecule has 1 aromatic heterocycles. The maximum atomic E-state index is 12.2. The Morgan fingerprint density at radius 1 is 1.21 bits per heavy atom. The number of nitrogens with two attached hydrogens (primary N) is 2. The summed E-state index contributed by atoms with van der Waals surface area (Å²) in [7, 11) is 0. The molecular weight excluding hydrogens is 450 g/mol. The van der Waals surface area contributed by atoms with Crippen molar-refractivity contribution >= 4 is 62.4 Å². The number of aliphatic carboxylic acids is 1. The highest BCUT2D eigenvalue weighted by Crippen LogP contribution is 2.32. The number of anilines is 1. The van der Waals surface area contributed by atoms with Crippen LogP contribution in [0.2, 0.25) is 0 Å². The van der Waals surface area contributed by atoms with Crippen molar-refractivity contribution in [3.8, 4) is 0 Å². The average Bonchev–Trinajstić information content (AvgIpc) is 2.96. The maximum absolute atomic E-state index is 12.2. The monoisotopic (exact) mass is 467 g/mol. The van der Waals surface area contributed by atoms with Crippen LogP contribution < -0.4 is 22.1 Å². The first-order chi connectivity index (χ1) is 13.2. The molecule has 148 valence electrons. The van der Waals surface area contributed by atoms with E-state index in [1.54, 1.807) is 24.3 Å². The van der Waals surface area contributed by atoms with Crippen LogP contribution in [0, 0.1) is 0 Å². The third-order valence-corrected chi connectivity index (χ3v) is 5.09. The molecule has 0 spiro atoms. The minimum atomic E-state index is -0.919. The molecule has 2 aromatic rings. The number of guanidine groups is 1. The van der Waals surface area contributed by atoms with Crippen LogP contribution >= 0.6 is 27.3 Å². The lowest BCUT2D eigenvalue weighted by molar-refractivity contribution is -0.136. The van der Waals surface area contributed by atoms with Gasteiger partial charge in [0.15, 0.2) is 5.96 Å². The first-order valence-electron chi connectivity index (χ1n) is 8.02. The van der Waals surface area contributed by atoms with Crippen molar-refractivity contribution in [2.24, 2.45) is 16.5 Å². The number of carboxylic acid groups (broad SMARTS) is 1. The molecule has 9 nitrogen and oxygen atoms in total. The van der Waals surface area contributed by atoms with Gasteiger partial charge in [-0.3, -0.25) is 14.4 Å². The second-order valence-corrected chi connectivity index (χ2v) is 8.11. The number of thiophene rings is 1. The Kier molecular flexibility index (Phi) is 7.52. The van der Waals surface area contributed by atoms with Crippen molar-refractivity contribution in [1.82, 2.24) is 5.32 Å². The van der Waals surface area contributed by atoms with E-state index in [0.717, 1.165) is 8.66 Å². The van der Waals surface area contributed by atoms with Crippen molar-refractivity contribution in [1.29, 1.82) is 0 Å². The highest BCUT2D eigenvalue weighted by molar-refractivity contribution is 9.11. The smallest absolute Gasteiger partial charge is 0.303 e. The summed E-state index contributed by atoms with van der Waals surface area (Å²) in [6, 6.07) is 8.01. The molecule has 0 saturated heterocycles. The summed E-state index contributed by atoms with van der Waals surface area (Å²) < 4.78 is 0.767. The number of halogens is 1. The van der Waals surface area contributed by atoms with Crippen LogP contribution in [0.5, 0.6) is 0 Å². The summed E-state index contributed by atoms with van der Waals surface area (Å²) in [4.78, 5) is 39.7. The number of hydrogen-bond acceptors (Lipinski definition) is 5. The van der Waals surface area contributed by atoms with Gasteiger partial charge in [-0.25, -0.2) is 4.99 Å². The van der Waals surface area contributed by atoms with Crippen LogP contribution in [-0.2, 0) is 16.0 Å². The number of benzene rings is 1. The number of rotatable bonds is 8. The number of carbonyl (C=O) groups excluding carboxylic acids is 2. The molecule has 0 saturated carbocycles. The highest BCUT2D eigenvalue weighted by atomic mass is 79.9. The van der Waals surface area contributed by atoms with Gasteiger partial charge in [0, 0.05) is 10.4 Å². The van der Waals surface area contributed by atoms with E-state index < -0.39 is 17.8 Å². The lowest BCUT2D eigenvalue weighted by Gasteiger charge is -2.08. The van der Waals surface area contributed by atoms with E-state index in [4.69, 9.17) is 16.6 Å². The van der Waals surface area contributed by atoms with Gasteiger partial charge in [0.05, 0.1) is 28.1 Å². The van der Waals surface area contributed by atoms with Gasteiger partial charge >= 0.3 is 5.97 Å². The van der Waals surface area contributed by atoms with Crippen LogP contribution in [-0.4, -0.2) is 35.4 Å². The van der Waals surface area contributed by atoms with Gasteiger partial charge in [-0.1, -0.05) is 6.07 Å². The van der Waals surface area contributed by atoms with Gasteiger partial charge < -0.3 is 27.2 Å². The molecule has 0 aliphatic carbocycles. The number of carboxylic acids is 1. The predicted molar refractivity (Wildman–Crippen MR) is 111 cm³/mol. The van der Waals surface area contributed by atoms with Crippen molar-refractivity contribution in [3.63, 3.8) is 0 Å². The highest BCUT2D eigenvalue weighted by Gasteiger charge is 2.14. The van der Waals surface area contributed by atoms with Crippen LogP contribution in [0.1, 0.15) is 21.7 Å². The Hall–Kier alpha value is -2.92. The molecule has 0 bridgehead atoms. The first kappa shape index (κ1) is 21.4. The molecule has 2 amide bonds. The zero-order valence-corrected chi connectivity index (χ0v) is 17.0. The third-order valence-electron chi connectivity index (χ3n) is 3.39. The lowest BCUT2D eigenvalue weighted by atomic mass is 10.2. The fourth-order valence-electron chi connectivity index (χ4n) is 2.23. The largest absolute Gasteiger partial charge is 0.481 e. The fourth-order valence-corrected chi connectivity index (χ4v) is 3.88. The molecule has 0 aliphatic heterocycles. The van der Waals surface area contributed by atoms with E-state index in [0.29, 0.717) is 23.4 Å². The quantitative estimate of drug-likeness (QED) is 0.293. The zero-order chi connectivity index (χ0) is 20.7. The van der Waals surface area contributed by atoms with Gasteiger partial charge in [0.1, 0.15) is 0 Å².